The van der Waals surface area contributed by atoms with Crippen molar-refractivity contribution < 1.29 is 19.1 Å². The summed E-state index contributed by atoms with van der Waals surface area (Å²) < 4.78 is 10.2. The Labute approximate surface area is 155 Å². The fraction of sp³-hybridized carbons (Fsp3) is 0.316. The SMILES string of the molecule is N#Cc1c(NC(=O)COC(=O)COc2ccccc2)sc2c1CCCC2. The van der Waals surface area contributed by atoms with Crippen LogP contribution in [0.5, 0.6) is 5.75 Å². The molecule has 3 rings (SSSR count). The zero-order chi connectivity index (χ0) is 18.4. The van der Waals surface area contributed by atoms with Gasteiger partial charge in [-0.25, -0.2) is 4.79 Å². The summed E-state index contributed by atoms with van der Waals surface area (Å²) in [7, 11) is 0. The summed E-state index contributed by atoms with van der Waals surface area (Å²) in [4.78, 5) is 24.9. The number of ether oxygens (including phenoxy) is 2. The van der Waals surface area contributed by atoms with Gasteiger partial charge >= 0.3 is 5.97 Å². The maximum Gasteiger partial charge on any atom is 0.344 e. The Balaban J connectivity index is 1.49. The van der Waals surface area contributed by atoms with Crippen LogP contribution in [0.15, 0.2) is 30.3 Å². The van der Waals surface area contributed by atoms with E-state index >= 15 is 0 Å². The number of carbonyl (C=O) groups is 2. The molecule has 26 heavy (non-hydrogen) atoms. The van der Waals surface area contributed by atoms with E-state index in [1.54, 1.807) is 24.3 Å². The first kappa shape index (κ1) is 18.0. The highest BCUT2D eigenvalue weighted by Crippen LogP contribution is 2.37. The topological polar surface area (TPSA) is 88.4 Å². The van der Waals surface area contributed by atoms with E-state index in [2.05, 4.69) is 11.4 Å². The van der Waals surface area contributed by atoms with E-state index in [4.69, 9.17) is 9.47 Å². The lowest BCUT2D eigenvalue weighted by Crippen LogP contribution is -2.23. The maximum atomic E-state index is 12.0. The quantitative estimate of drug-likeness (QED) is 0.790. The number of thiophene rings is 1. The number of nitrogens with zero attached hydrogens (tertiary/aromatic N) is 1. The zero-order valence-corrected chi connectivity index (χ0v) is 14.9. The fourth-order valence-electron chi connectivity index (χ4n) is 2.78. The molecule has 0 fully saturated rings. The summed E-state index contributed by atoms with van der Waals surface area (Å²) in [5.41, 5.74) is 1.59. The second-order valence-electron chi connectivity index (χ2n) is 5.84. The highest BCUT2D eigenvalue weighted by atomic mass is 32.1. The molecular weight excluding hydrogens is 352 g/mol. The molecule has 0 aliphatic heterocycles. The van der Waals surface area contributed by atoms with Crippen LogP contribution in [0.4, 0.5) is 5.00 Å². The number of aryl methyl sites for hydroxylation is 1. The number of anilines is 1. The van der Waals surface area contributed by atoms with Gasteiger partial charge in [0.25, 0.3) is 5.91 Å². The van der Waals surface area contributed by atoms with E-state index in [1.807, 2.05) is 6.07 Å². The third-order valence-electron chi connectivity index (χ3n) is 4.00. The summed E-state index contributed by atoms with van der Waals surface area (Å²) in [5, 5.41) is 12.6. The molecule has 1 aliphatic rings. The van der Waals surface area contributed by atoms with Gasteiger partial charge < -0.3 is 14.8 Å². The van der Waals surface area contributed by atoms with Gasteiger partial charge in [0.2, 0.25) is 0 Å². The van der Waals surface area contributed by atoms with E-state index in [-0.39, 0.29) is 6.61 Å². The lowest BCUT2D eigenvalue weighted by atomic mass is 9.96. The van der Waals surface area contributed by atoms with Crippen LogP contribution in [0, 0.1) is 11.3 Å². The van der Waals surface area contributed by atoms with Gasteiger partial charge in [-0.05, 0) is 43.4 Å². The standard InChI is InChI=1S/C19H18N2O4S/c20-10-15-14-8-4-5-9-16(14)26-19(15)21-17(22)11-25-18(23)12-24-13-6-2-1-3-7-13/h1-3,6-7H,4-5,8-9,11-12H2,(H,21,22). The Kier molecular flexibility index (Phi) is 5.87. The van der Waals surface area contributed by atoms with Gasteiger partial charge in [-0.15, -0.1) is 11.3 Å². The molecule has 1 aliphatic carbocycles. The third kappa shape index (κ3) is 4.41. The fourth-order valence-corrected chi connectivity index (χ4v) is 4.04. The molecule has 0 radical (unpaired) electrons. The molecule has 0 saturated carbocycles. The molecule has 0 spiro atoms. The number of carbonyl (C=O) groups excluding carboxylic acids is 2. The number of fused-ring (bicyclic) bond motifs is 1. The van der Waals surface area contributed by atoms with E-state index in [0.717, 1.165) is 36.1 Å². The molecule has 0 bridgehead atoms. The van der Waals surface area contributed by atoms with Crippen molar-refractivity contribution >= 4 is 28.2 Å². The van der Waals surface area contributed by atoms with Crippen LogP contribution >= 0.6 is 11.3 Å². The van der Waals surface area contributed by atoms with E-state index in [0.29, 0.717) is 16.3 Å². The number of nitrogens with one attached hydrogen (secondary N) is 1. The van der Waals surface area contributed by atoms with Crippen LogP contribution in [-0.4, -0.2) is 25.1 Å². The number of hydrogen-bond acceptors (Lipinski definition) is 6. The highest BCUT2D eigenvalue weighted by Gasteiger charge is 2.22. The van der Waals surface area contributed by atoms with Gasteiger partial charge in [-0.3, -0.25) is 4.79 Å². The molecule has 2 aromatic rings. The average molecular weight is 370 g/mol. The Morgan fingerprint density at radius 1 is 1.15 bits per heavy atom. The van der Waals surface area contributed by atoms with Gasteiger partial charge in [0, 0.05) is 4.88 Å². The Morgan fingerprint density at radius 2 is 1.92 bits per heavy atom. The molecular formula is C19H18N2O4S. The Hall–Kier alpha value is -2.85. The molecule has 1 amide bonds. The third-order valence-corrected chi connectivity index (χ3v) is 5.21. The summed E-state index contributed by atoms with van der Waals surface area (Å²) in [6.45, 7) is -0.682. The monoisotopic (exact) mass is 370 g/mol. The molecule has 7 heteroatoms. The number of esters is 1. The van der Waals surface area contributed by atoms with E-state index in [9.17, 15) is 14.9 Å². The van der Waals surface area contributed by atoms with Crippen molar-refractivity contribution in [1.29, 1.82) is 5.26 Å². The predicted octanol–water partition coefficient (Wildman–Crippen LogP) is 3.06. The molecule has 1 aromatic carbocycles. The van der Waals surface area contributed by atoms with Gasteiger partial charge in [-0.2, -0.15) is 5.26 Å². The summed E-state index contributed by atoms with van der Waals surface area (Å²) >= 11 is 1.44. The first-order valence-corrected chi connectivity index (χ1v) is 9.17. The van der Waals surface area contributed by atoms with E-state index in [1.165, 1.54) is 11.3 Å². The highest BCUT2D eigenvalue weighted by molar-refractivity contribution is 7.16. The van der Waals surface area contributed by atoms with Crippen molar-refractivity contribution in [2.45, 2.75) is 25.7 Å². The largest absolute Gasteiger partial charge is 0.482 e. The van der Waals surface area contributed by atoms with Crippen molar-refractivity contribution in [3.05, 3.63) is 46.3 Å². The summed E-state index contributed by atoms with van der Waals surface area (Å²) in [5.74, 6) is -0.542. The van der Waals surface area contributed by atoms with Gasteiger partial charge in [-0.1, -0.05) is 18.2 Å². The van der Waals surface area contributed by atoms with Crippen molar-refractivity contribution in [3.63, 3.8) is 0 Å². The van der Waals surface area contributed by atoms with Gasteiger partial charge in [0.15, 0.2) is 13.2 Å². The second kappa shape index (κ2) is 8.50. The van der Waals surface area contributed by atoms with Crippen LogP contribution in [-0.2, 0) is 27.2 Å². The van der Waals surface area contributed by atoms with Gasteiger partial charge in [0.05, 0.1) is 5.56 Å². The van der Waals surface area contributed by atoms with Crippen molar-refractivity contribution in [2.24, 2.45) is 0 Å². The minimum Gasteiger partial charge on any atom is -0.482 e. The maximum absolute atomic E-state index is 12.0. The van der Waals surface area contributed by atoms with Crippen LogP contribution in [0.2, 0.25) is 0 Å². The lowest BCUT2D eigenvalue weighted by Gasteiger charge is -2.09. The molecule has 1 aromatic heterocycles. The lowest BCUT2D eigenvalue weighted by molar-refractivity contribution is -0.149. The molecule has 0 unspecified atom stereocenters. The summed E-state index contributed by atoms with van der Waals surface area (Å²) in [6.07, 6.45) is 3.97. The van der Waals surface area contributed by atoms with Crippen molar-refractivity contribution in [3.8, 4) is 11.8 Å². The molecule has 1 heterocycles. The van der Waals surface area contributed by atoms with E-state index < -0.39 is 18.5 Å². The Morgan fingerprint density at radius 3 is 2.69 bits per heavy atom. The minimum atomic E-state index is -0.630. The first-order chi connectivity index (χ1) is 12.7. The molecule has 1 N–H and O–H groups in total. The van der Waals surface area contributed by atoms with Crippen LogP contribution in [0.3, 0.4) is 0 Å². The van der Waals surface area contributed by atoms with Crippen LogP contribution in [0.25, 0.3) is 0 Å². The normalized spacial score (nSPS) is 12.6. The van der Waals surface area contributed by atoms with Crippen molar-refractivity contribution in [2.75, 3.05) is 18.5 Å². The average Bonchev–Trinajstić information content (AvgIpc) is 3.02. The molecule has 0 saturated heterocycles. The van der Waals surface area contributed by atoms with Crippen LogP contribution < -0.4 is 10.1 Å². The number of hydrogen-bond donors (Lipinski definition) is 1. The van der Waals surface area contributed by atoms with Gasteiger partial charge in [0.1, 0.15) is 16.8 Å². The van der Waals surface area contributed by atoms with Crippen molar-refractivity contribution in [1.82, 2.24) is 0 Å². The minimum absolute atomic E-state index is 0.270. The van der Waals surface area contributed by atoms with Crippen LogP contribution in [0.1, 0.15) is 28.8 Å². The number of amides is 1. The second-order valence-corrected chi connectivity index (χ2v) is 6.94. The predicted molar refractivity (Wildman–Crippen MR) is 97.2 cm³/mol. The molecule has 0 atom stereocenters. The smallest absolute Gasteiger partial charge is 0.344 e. The number of benzene rings is 1. The molecule has 134 valence electrons. The molecule has 6 nitrogen and oxygen atoms in total. The first-order valence-electron chi connectivity index (χ1n) is 8.35. The zero-order valence-electron chi connectivity index (χ0n) is 14.1. The number of nitriles is 1. The Bertz CT molecular complexity index is 839. The number of rotatable bonds is 6. The number of para-hydroxylation sites is 1. The summed E-state index contributed by atoms with van der Waals surface area (Å²) in [6, 6.07) is 11.1.